The number of hydrogen-bond acceptors (Lipinski definition) is 1. The average Bonchev–Trinajstić information content (AvgIpc) is 3.67. The Morgan fingerprint density at radius 2 is 0.667 bits per heavy atom. The van der Waals surface area contributed by atoms with Crippen molar-refractivity contribution in [2.45, 2.75) is 0 Å². The van der Waals surface area contributed by atoms with E-state index in [1.165, 1.54) is 82.8 Å². The molecular weight excluding hydrogens is 725 g/mol. The third-order valence-corrected chi connectivity index (χ3v) is 11.8. The fourth-order valence-electron chi connectivity index (χ4n) is 8.86. The quantitative estimate of drug-likeness (QED) is 0.150. The molecule has 0 bridgehead atoms. The second-order valence-corrected chi connectivity index (χ2v) is 15.3. The van der Waals surface area contributed by atoms with Gasteiger partial charge in [0.05, 0.1) is 22.4 Å². The van der Waals surface area contributed by atoms with Gasteiger partial charge >= 0.3 is 0 Å². The Labute approximate surface area is 350 Å². The van der Waals surface area contributed by atoms with Crippen molar-refractivity contribution in [3.05, 3.63) is 243 Å². The first-order valence-corrected chi connectivity index (χ1v) is 20.6. The number of rotatable bonds is 8. The van der Waals surface area contributed by atoms with Crippen LogP contribution in [0.1, 0.15) is 0 Å². The van der Waals surface area contributed by atoms with E-state index in [9.17, 15) is 0 Å². The fraction of sp³-hybridized carbons (Fsp3) is 0. The smallest absolute Gasteiger partial charge is 0.0541 e. The van der Waals surface area contributed by atoms with Gasteiger partial charge in [-0.1, -0.05) is 194 Å². The number of anilines is 3. The summed E-state index contributed by atoms with van der Waals surface area (Å²) in [6.07, 6.45) is 0. The molecule has 2 heteroatoms. The lowest BCUT2D eigenvalue weighted by Crippen LogP contribution is -2.10. The molecule has 0 N–H and O–H groups in total. The van der Waals surface area contributed by atoms with Crippen LogP contribution in [0.4, 0.5) is 17.1 Å². The van der Waals surface area contributed by atoms with Crippen LogP contribution < -0.4 is 4.90 Å². The van der Waals surface area contributed by atoms with E-state index in [1.807, 2.05) is 0 Å². The van der Waals surface area contributed by atoms with Crippen LogP contribution in [0, 0.1) is 0 Å². The van der Waals surface area contributed by atoms with Gasteiger partial charge in [0, 0.05) is 33.1 Å². The molecule has 2 nitrogen and oxygen atoms in total. The largest absolute Gasteiger partial charge is 0.310 e. The van der Waals surface area contributed by atoms with Crippen molar-refractivity contribution in [3.63, 3.8) is 0 Å². The molecule has 0 aliphatic heterocycles. The molecule has 282 valence electrons. The maximum atomic E-state index is 2.41. The van der Waals surface area contributed by atoms with Gasteiger partial charge in [0.25, 0.3) is 0 Å². The highest BCUT2D eigenvalue weighted by atomic mass is 15.1. The summed E-state index contributed by atoms with van der Waals surface area (Å²) in [5.41, 5.74) is 16.5. The molecule has 11 rings (SSSR count). The lowest BCUT2D eigenvalue weighted by Gasteiger charge is -2.27. The van der Waals surface area contributed by atoms with Crippen LogP contribution in [-0.4, -0.2) is 4.57 Å². The van der Waals surface area contributed by atoms with E-state index in [0.717, 1.165) is 17.1 Å². The van der Waals surface area contributed by atoms with Gasteiger partial charge in [-0.2, -0.15) is 0 Å². The van der Waals surface area contributed by atoms with E-state index < -0.39 is 0 Å². The van der Waals surface area contributed by atoms with E-state index in [4.69, 9.17) is 0 Å². The maximum Gasteiger partial charge on any atom is 0.0541 e. The molecule has 0 amide bonds. The molecule has 0 unspecified atom stereocenters. The molecule has 0 atom stereocenters. The van der Waals surface area contributed by atoms with Gasteiger partial charge in [0.1, 0.15) is 0 Å². The van der Waals surface area contributed by atoms with Crippen molar-refractivity contribution in [2.24, 2.45) is 0 Å². The van der Waals surface area contributed by atoms with E-state index in [1.54, 1.807) is 0 Å². The third kappa shape index (κ3) is 6.32. The number of aromatic nitrogens is 1. The van der Waals surface area contributed by atoms with E-state index >= 15 is 0 Å². The highest BCUT2D eigenvalue weighted by Crippen LogP contribution is 2.41. The summed E-state index contributed by atoms with van der Waals surface area (Å²) >= 11 is 0. The van der Waals surface area contributed by atoms with Crippen molar-refractivity contribution in [1.82, 2.24) is 4.57 Å². The van der Waals surface area contributed by atoms with E-state index in [2.05, 4.69) is 252 Å². The zero-order chi connectivity index (χ0) is 39.8. The molecule has 60 heavy (non-hydrogen) atoms. The molecule has 0 aliphatic carbocycles. The minimum absolute atomic E-state index is 1.10. The van der Waals surface area contributed by atoms with Gasteiger partial charge in [-0.05, 0) is 92.9 Å². The molecule has 0 saturated carbocycles. The van der Waals surface area contributed by atoms with Gasteiger partial charge < -0.3 is 9.47 Å². The number of nitrogens with zero attached hydrogens (tertiary/aromatic N) is 2. The van der Waals surface area contributed by atoms with Gasteiger partial charge in [-0.15, -0.1) is 0 Å². The van der Waals surface area contributed by atoms with Crippen LogP contribution in [-0.2, 0) is 0 Å². The molecule has 10 aromatic carbocycles. The number of fused-ring (bicyclic) bond motifs is 4. The molecule has 1 aromatic heterocycles. The molecule has 1 heterocycles. The van der Waals surface area contributed by atoms with Gasteiger partial charge in [-0.25, -0.2) is 0 Å². The zero-order valence-corrected chi connectivity index (χ0v) is 33.0. The lowest BCUT2D eigenvalue weighted by atomic mass is 9.98. The van der Waals surface area contributed by atoms with Gasteiger partial charge in [-0.3, -0.25) is 0 Å². The second kappa shape index (κ2) is 15.1. The first kappa shape index (κ1) is 35.2. The summed E-state index contributed by atoms with van der Waals surface area (Å²) in [7, 11) is 0. The Morgan fingerprint density at radius 1 is 0.267 bits per heavy atom. The first-order chi connectivity index (χ1) is 29.8. The van der Waals surface area contributed by atoms with Crippen molar-refractivity contribution in [2.75, 3.05) is 4.90 Å². The molecule has 11 aromatic rings. The molecule has 0 spiro atoms. The molecule has 0 saturated heterocycles. The summed E-state index contributed by atoms with van der Waals surface area (Å²) in [6.45, 7) is 0. The second-order valence-electron chi connectivity index (χ2n) is 15.3. The van der Waals surface area contributed by atoms with Crippen LogP contribution >= 0.6 is 0 Å². The monoisotopic (exact) mass is 764 g/mol. The summed E-state index contributed by atoms with van der Waals surface area (Å²) < 4.78 is 2.41. The zero-order valence-electron chi connectivity index (χ0n) is 33.0. The van der Waals surface area contributed by atoms with Crippen LogP contribution in [0.5, 0.6) is 0 Å². The third-order valence-electron chi connectivity index (χ3n) is 11.8. The highest BCUT2D eigenvalue weighted by Gasteiger charge is 2.17. The number of para-hydroxylation sites is 3. The van der Waals surface area contributed by atoms with Crippen molar-refractivity contribution < 1.29 is 0 Å². The van der Waals surface area contributed by atoms with E-state index in [-0.39, 0.29) is 0 Å². The standard InChI is InChI=1S/C58H40N2/c1-2-13-41(14-3-1)42-25-27-43(28-26-42)45-33-37-49(38-34-45)59(55-24-12-16-47-15-4-5-17-51(47)55)50-39-35-46(36-40-50)44-29-31-48(32-30-44)52-18-6-9-21-56(52)60-57-22-10-7-19-53(57)54-20-8-11-23-58(54)60/h1-40H. The topological polar surface area (TPSA) is 8.17 Å². The molecule has 0 radical (unpaired) electrons. The van der Waals surface area contributed by atoms with Crippen LogP contribution in [0.3, 0.4) is 0 Å². The Hall–Kier alpha value is -7.94. The van der Waals surface area contributed by atoms with Crippen LogP contribution in [0.25, 0.3) is 82.8 Å². The molecule has 0 fully saturated rings. The van der Waals surface area contributed by atoms with Crippen molar-refractivity contribution in [1.29, 1.82) is 0 Å². The Kier molecular flexibility index (Phi) is 8.87. The van der Waals surface area contributed by atoms with Crippen molar-refractivity contribution in [3.8, 4) is 50.2 Å². The number of hydrogen-bond donors (Lipinski definition) is 0. The Morgan fingerprint density at radius 3 is 1.23 bits per heavy atom. The lowest BCUT2D eigenvalue weighted by molar-refractivity contribution is 1.18. The Bertz CT molecular complexity index is 3210. The SMILES string of the molecule is c1ccc(-c2ccc(-c3ccc(N(c4ccc(-c5ccc(-c6ccccc6-n6c7ccccc7c7ccccc76)cc5)cc4)c4cccc5ccccc45)cc3)cc2)cc1. The predicted octanol–water partition coefficient (Wildman–Crippen LogP) is 16.1. The maximum absolute atomic E-state index is 2.41. The Balaban J connectivity index is 0.921. The normalized spacial score (nSPS) is 11.3. The number of benzene rings is 10. The predicted molar refractivity (Wildman–Crippen MR) is 255 cm³/mol. The minimum Gasteiger partial charge on any atom is -0.310 e. The highest BCUT2D eigenvalue weighted by molar-refractivity contribution is 6.09. The summed E-state index contributed by atoms with van der Waals surface area (Å²) in [4.78, 5) is 2.38. The molecule has 0 aliphatic rings. The van der Waals surface area contributed by atoms with Crippen LogP contribution in [0.2, 0.25) is 0 Å². The summed E-state index contributed by atoms with van der Waals surface area (Å²) in [5.74, 6) is 0. The van der Waals surface area contributed by atoms with Crippen molar-refractivity contribution >= 4 is 49.6 Å². The van der Waals surface area contributed by atoms with E-state index in [0.29, 0.717) is 0 Å². The minimum atomic E-state index is 1.10. The molecular formula is C58H40N2. The average molecular weight is 765 g/mol. The fourth-order valence-corrected chi connectivity index (χ4v) is 8.86. The first-order valence-electron chi connectivity index (χ1n) is 20.6. The van der Waals surface area contributed by atoms with Gasteiger partial charge in [0.15, 0.2) is 0 Å². The summed E-state index contributed by atoms with van der Waals surface area (Å²) in [5, 5.41) is 4.96. The van der Waals surface area contributed by atoms with Crippen LogP contribution in [0.15, 0.2) is 243 Å². The van der Waals surface area contributed by atoms with Gasteiger partial charge in [0.2, 0.25) is 0 Å². The summed E-state index contributed by atoms with van der Waals surface area (Å²) in [6, 6.07) is 87.7.